The van der Waals surface area contributed by atoms with Gasteiger partial charge in [0.1, 0.15) is 12.1 Å². The van der Waals surface area contributed by atoms with E-state index < -0.39 is 0 Å². The lowest BCUT2D eigenvalue weighted by Gasteiger charge is -2.36. The fraction of sp³-hybridized carbons (Fsp3) is 0.600. The Labute approximate surface area is 180 Å². The average molecular weight is 406 g/mol. The molecule has 5 heteroatoms. The average Bonchev–Trinajstić information content (AvgIpc) is 3.28. The van der Waals surface area contributed by atoms with Crippen LogP contribution in [0.15, 0.2) is 24.5 Å². The summed E-state index contributed by atoms with van der Waals surface area (Å²) in [5.74, 6) is 2.37. The molecule has 3 heterocycles. The van der Waals surface area contributed by atoms with Gasteiger partial charge in [-0.15, -0.1) is 0 Å². The standard InChI is InChI=1S/C25H35N5/c1-17(2)13-27-14-19-5-4-6-21-23(19)25(9-11-26-12-10-25)15-30(21)24-22-18(3)7-8-20(22)28-16-29-24/h4-6,16-18,26-27H,7-15H2,1-3H3/t18-/m1/s1. The smallest absolute Gasteiger partial charge is 0.140 e. The van der Waals surface area contributed by atoms with Crippen LogP contribution in [-0.4, -0.2) is 36.1 Å². The van der Waals surface area contributed by atoms with Crippen molar-refractivity contribution >= 4 is 11.5 Å². The van der Waals surface area contributed by atoms with Gasteiger partial charge in [-0.2, -0.15) is 0 Å². The largest absolute Gasteiger partial charge is 0.325 e. The van der Waals surface area contributed by atoms with Gasteiger partial charge in [0.05, 0.1) is 0 Å². The van der Waals surface area contributed by atoms with Crippen molar-refractivity contribution in [3.05, 3.63) is 46.9 Å². The van der Waals surface area contributed by atoms with Crippen molar-refractivity contribution in [2.75, 3.05) is 31.1 Å². The molecule has 2 N–H and O–H groups in total. The van der Waals surface area contributed by atoms with E-state index in [-0.39, 0.29) is 5.41 Å². The van der Waals surface area contributed by atoms with Crippen molar-refractivity contribution in [3.63, 3.8) is 0 Å². The summed E-state index contributed by atoms with van der Waals surface area (Å²) in [6, 6.07) is 6.90. The van der Waals surface area contributed by atoms with E-state index in [1.165, 1.54) is 41.8 Å². The Bertz CT molecular complexity index is 916. The van der Waals surface area contributed by atoms with Gasteiger partial charge in [0.2, 0.25) is 0 Å². The van der Waals surface area contributed by atoms with Crippen LogP contribution in [0.25, 0.3) is 0 Å². The first-order chi connectivity index (χ1) is 14.6. The number of rotatable bonds is 5. The SMILES string of the molecule is CC(C)CNCc1cccc2c1C1(CCNCC1)CN2c1ncnc2c1[C@H](C)CC2. The molecule has 30 heavy (non-hydrogen) atoms. The molecule has 160 valence electrons. The van der Waals surface area contributed by atoms with Crippen molar-refractivity contribution in [2.24, 2.45) is 5.92 Å². The lowest BCUT2D eigenvalue weighted by atomic mass is 9.73. The Balaban J connectivity index is 1.59. The van der Waals surface area contributed by atoms with Gasteiger partial charge in [-0.05, 0) is 74.3 Å². The maximum atomic E-state index is 4.86. The van der Waals surface area contributed by atoms with Gasteiger partial charge in [0, 0.05) is 35.4 Å². The Hall–Kier alpha value is -1.98. The van der Waals surface area contributed by atoms with Crippen LogP contribution in [0.5, 0.6) is 0 Å². The van der Waals surface area contributed by atoms with Gasteiger partial charge in [0.15, 0.2) is 0 Å². The van der Waals surface area contributed by atoms with Crippen molar-refractivity contribution in [2.45, 2.75) is 64.3 Å². The summed E-state index contributed by atoms with van der Waals surface area (Å²) in [5.41, 5.74) is 7.28. The van der Waals surface area contributed by atoms with Crippen molar-refractivity contribution < 1.29 is 0 Å². The van der Waals surface area contributed by atoms with E-state index in [2.05, 4.69) is 59.5 Å². The third-order valence-electron chi connectivity index (χ3n) is 7.35. The third kappa shape index (κ3) is 3.32. The second-order valence-electron chi connectivity index (χ2n) is 9.95. The second kappa shape index (κ2) is 7.93. The van der Waals surface area contributed by atoms with E-state index in [9.17, 15) is 0 Å². The first-order valence-electron chi connectivity index (χ1n) is 11.7. The number of piperidine rings is 1. The van der Waals surface area contributed by atoms with Crippen molar-refractivity contribution in [1.29, 1.82) is 0 Å². The summed E-state index contributed by atoms with van der Waals surface area (Å²) in [6.45, 7) is 12.1. The molecular formula is C25H35N5. The Morgan fingerprint density at radius 1 is 1.23 bits per heavy atom. The number of aryl methyl sites for hydroxylation is 1. The molecule has 3 aliphatic rings. The maximum absolute atomic E-state index is 4.86. The molecule has 1 saturated heterocycles. The number of hydrogen-bond acceptors (Lipinski definition) is 5. The number of benzene rings is 1. The number of hydrogen-bond donors (Lipinski definition) is 2. The molecule has 0 radical (unpaired) electrons. The number of aromatic nitrogens is 2. The summed E-state index contributed by atoms with van der Waals surface area (Å²) < 4.78 is 0. The molecule has 2 aliphatic heterocycles. The Kier molecular flexibility index (Phi) is 5.28. The van der Waals surface area contributed by atoms with Crippen molar-refractivity contribution in [1.82, 2.24) is 20.6 Å². The monoisotopic (exact) mass is 405 g/mol. The normalized spacial score (nSPS) is 22.0. The third-order valence-corrected chi connectivity index (χ3v) is 7.35. The van der Waals surface area contributed by atoms with Crippen LogP contribution < -0.4 is 15.5 Å². The summed E-state index contributed by atoms with van der Waals surface area (Å²) in [4.78, 5) is 12.0. The fourth-order valence-corrected chi connectivity index (χ4v) is 5.87. The van der Waals surface area contributed by atoms with Crippen molar-refractivity contribution in [3.8, 4) is 0 Å². The van der Waals surface area contributed by atoms with Gasteiger partial charge in [0.25, 0.3) is 0 Å². The minimum atomic E-state index is 0.219. The molecule has 1 aromatic heterocycles. The van der Waals surface area contributed by atoms with Gasteiger partial charge >= 0.3 is 0 Å². The molecule has 2 aromatic rings. The molecule has 0 saturated carbocycles. The first kappa shape index (κ1) is 20.0. The molecule has 1 spiro atoms. The molecule has 0 bridgehead atoms. The summed E-state index contributed by atoms with van der Waals surface area (Å²) in [7, 11) is 0. The molecule has 5 rings (SSSR count). The molecule has 1 atom stereocenters. The van der Waals surface area contributed by atoms with E-state index in [0.717, 1.165) is 45.0 Å². The molecular weight excluding hydrogens is 370 g/mol. The first-order valence-corrected chi connectivity index (χ1v) is 11.7. The van der Waals surface area contributed by atoms with Crippen LogP contribution in [-0.2, 0) is 18.4 Å². The van der Waals surface area contributed by atoms with Crippen LogP contribution in [0, 0.1) is 5.92 Å². The fourth-order valence-electron chi connectivity index (χ4n) is 5.87. The molecule has 1 aromatic carbocycles. The number of nitrogens with one attached hydrogen (secondary N) is 2. The number of anilines is 2. The molecule has 1 fully saturated rings. The zero-order valence-electron chi connectivity index (χ0n) is 18.7. The van der Waals surface area contributed by atoms with E-state index in [1.807, 2.05) is 0 Å². The topological polar surface area (TPSA) is 53.1 Å². The minimum Gasteiger partial charge on any atom is -0.325 e. The summed E-state index contributed by atoms with van der Waals surface area (Å²) in [6.07, 6.45) is 6.45. The minimum absolute atomic E-state index is 0.219. The molecule has 1 aliphatic carbocycles. The predicted molar refractivity (Wildman–Crippen MR) is 123 cm³/mol. The highest BCUT2D eigenvalue weighted by molar-refractivity contribution is 5.75. The van der Waals surface area contributed by atoms with Crippen LogP contribution in [0.1, 0.15) is 68.3 Å². The highest BCUT2D eigenvalue weighted by atomic mass is 15.2. The highest BCUT2D eigenvalue weighted by Crippen LogP contribution is 2.51. The number of fused-ring (bicyclic) bond motifs is 3. The van der Waals surface area contributed by atoms with Gasteiger partial charge in [-0.3, -0.25) is 0 Å². The van der Waals surface area contributed by atoms with Crippen LogP contribution in [0.2, 0.25) is 0 Å². The Morgan fingerprint density at radius 3 is 2.87 bits per heavy atom. The van der Waals surface area contributed by atoms with Gasteiger partial charge in [-0.1, -0.05) is 32.9 Å². The van der Waals surface area contributed by atoms with Crippen LogP contribution in [0.4, 0.5) is 11.5 Å². The lowest BCUT2D eigenvalue weighted by Crippen LogP contribution is -2.43. The Morgan fingerprint density at radius 2 is 2.07 bits per heavy atom. The van der Waals surface area contributed by atoms with Crippen LogP contribution >= 0.6 is 0 Å². The van der Waals surface area contributed by atoms with E-state index in [0.29, 0.717) is 11.8 Å². The van der Waals surface area contributed by atoms with Gasteiger partial charge in [-0.25, -0.2) is 9.97 Å². The maximum Gasteiger partial charge on any atom is 0.140 e. The molecule has 5 nitrogen and oxygen atoms in total. The molecule has 0 amide bonds. The van der Waals surface area contributed by atoms with E-state index >= 15 is 0 Å². The summed E-state index contributed by atoms with van der Waals surface area (Å²) >= 11 is 0. The van der Waals surface area contributed by atoms with E-state index in [1.54, 1.807) is 11.9 Å². The number of nitrogens with zero attached hydrogens (tertiary/aromatic N) is 3. The highest BCUT2D eigenvalue weighted by Gasteiger charge is 2.46. The van der Waals surface area contributed by atoms with Gasteiger partial charge < -0.3 is 15.5 Å². The zero-order chi connectivity index (χ0) is 20.7. The summed E-state index contributed by atoms with van der Waals surface area (Å²) in [5, 5.41) is 7.28. The van der Waals surface area contributed by atoms with Crippen LogP contribution in [0.3, 0.4) is 0 Å². The van der Waals surface area contributed by atoms with E-state index in [4.69, 9.17) is 4.98 Å². The quantitative estimate of drug-likeness (QED) is 0.786. The zero-order valence-corrected chi connectivity index (χ0v) is 18.7. The lowest BCUT2D eigenvalue weighted by molar-refractivity contribution is 0.326. The molecule has 0 unspecified atom stereocenters. The second-order valence-corrected chi connectivity index (χ2v) is 9.95. The predicted octanol–water partition coefficient (Wildman–Crippen LogP) is 4.04.